The summed E-state index contributed by atoms with van der Waals surface area (Å²) in [7, 11) is 0. The van der Waals surface area contributed by atoms with Gasteiger partial charge in [-0.1, -0.05) is 19.1 Å². The molecule has 0 atom stereocenters. The summed E-state index contributed by atoms with van der Waals surface area (Å²) in [6, 6.07) is 9.68. The first-order valence-corrected chi connectivity index (χ1v) is 12.1. The lowest BCUT2D eigenvalue weighted by molar-refractivity contribution is -0.116. The number of benzene rings is 1. The van der Waals surface area contributed by atoms with Crippen LogP contribution in [0.1, 0.15) is 44.1 Å². The lowest BCUT2D eigenvalue weighted by Crippen LogP contribution is -2.47. The number of nitriles is 1. The molecule has 0 aromatic heterocycles. The highest BCUT2D eigenvalue weighted by molar-refractivity contribution is 5.87. The number of amides is 1. The smallest absolute Gasteiger partial charge is 0.243 e. The maximum absolute atomic E-state index is 12.1. The summed E-state index contributed by atoms with van der Waals surface area (Å²) in [5, 5.41) is 11.8. The van der Waals surface area contributed by atoms with E-state index >= 15 is 0 Å². The molecule has 0 unspecified atom stereocenters. The molecule has 1 aromatic carbocycles. The van der Waals surface area contributed by atoms with E-state index in [4.69, 9.17) is 10.00 Å². The van der Waals surface area contributed by atoms with E-state index in [9.17, 15) is 4.79 Å². The fourth-order valence-corrected chi connectivity index (χ4v) is 4.47. The van der Waals surface area contributed by atoms with E-state index in [1.54, 1.807) is 42.5 Å². The number of nitrogens with one attached hydrogen (secondary N) is 1. The first-order chi connectivity index (χ1) is 16.2. The van der Waals surface area contributed by atoms with Crippen LogP contribution in [0.2, 0.25) is 0 Å². The van der Waals surface area contributed by atoms with Crippen molar-refractivity contribution >= 4 is 5.91 Å². The fourth-order valence-electron chi connectivity index (χ4n) is 4.47. The van der Waals surface area contributed by atoms with Crippen LogP contribution in [0.5, 0.6) is 5.75 Å². The quantitative estimate of drug-likeness (QED) is 0.253. The summed E-state index contributed by atoms with van der Waals surface area (Å²) in [5.74, 6) is 1.02. The fraction of sp³-hybridized carbons (Fsp3) is 0.481. The van der Waals surface area contributed by atoms with E-state index in [1.165, 1.54) is 64.4 Å². The van der Waals surface area contributed by atoms with Crippen molar-refractivity contribution < 1.29 is 9.53 Å². The molecule has 1 N–H and O–H groups in total. The van der Waals surface area contributed by atoms with Crippen LogP contribution in [0.4, 0.5) is 0 Å². The highest BCUT2D eigenvalue weighted by atomic mass is 16.5. The number of hydrogen-bond acceptors (Lipinski definition) is 5. The van der Waals surface area contributed by atoms with Gasteiger partial charge >= 0.3 is 0 Å². The molecule has 2 aliphatic rings. The topological polar surface area (TPSA) is 68.6 Å². The molecule has 2 fully saturated rings. The molecular formula is C27H36N4O2. The van der Waals surface area contributed by atoms with Crippen LogP contribution in [0.25, 0.3) is 0 Å². The number of nitrogens with zero attached hydrogens (tertiary/aromatic N) is 3. The summed E-state index contributed by atoms with van der Waals surface area (Å²) < 4.78 is 5.70. The predicted molar refractivity (Wildman–Crippen MR) is 132 cm³/mol. The van der Waals surface area contributed by atoms with Crippen molar-refractivity contribution in [1.29, 1.82) is 5.26 Å². The van der Waals surface area contributed by atoms with E-state index in [1.807, 2.05) is 0 Å². The van der Waals surface area contributed by atoms with Gasteiger partial charge in [0, 0.05) is 18.7 Å². The van der Waals surface area contributed by atoms with Gasteiger partial charge in [0.25, 0.3) is 0 Å². The lowest BCUT2D eigenvalue weighted by Gasteiger charge is -2.40. The Labute approximate surface area is 198 Å². The van der Waals surface area contributed by atoms with Crippen molar-refractivity contribution in [3.63, 3.8) is 0 Å². The second-order valence-electron chi connectivity index (χ2n) is 8.68. The number of hydrogen-bond donors (Lipinski definition) is 1. The zero-order chi connectivity index (χ0) is 23.3. The van der Waals surface area contributed by atoms with Gasteiger partial charge in [-0.3, -0.25) is 4.79 Å². The van der Waals surface area contributed by atoms with Crippen LogP contribution in [0, 0.1) is 11.3 Å². The summed E-state index contributed by atoms with van der Waals surface area (Å²) in [5.41, 5.74) is 0.574. The van der Waals surface area contributed by atoms with E-state index < -0.39 is 0 Å². The number of ether oxygens (including phenoxy) is 1. The molecule has 33 heavy (non-hydrogen) atoms. The van der Waals surface area contributed by atoms with Gasteiger partial charge in [0.1, 0.15) is 11.5 Å². The van der Waals surface area contributed by atoms with E-state index in [-0.39, 0.29) is 5.91 Å². The average molecular weight is 449 g/mol. The van der Waals surface area contributed by atoms with Crippen LogP contribution >= 0.6 is 0 Å². The molecule has 6 heteroatoms. The molecule has 0 saturated carbocycles. The van der Waals surface area contributed by atoms with Gasteiger partial charge in [-0.2, -0.15) is 5.26 Å². The molecule has 0 aliphatic carbocycles. The Morgan fingerprint density at radius 3 is 2.55 bits per heavy atom. The number of allylic oxidation sites excluding steroid dienone is 3. The van der Waals surface area contributed by atoms with Crippen molar-refractivity contribution in [2.45, 2.75) is 44.6 Å². The molecule has 1 aromatic rings. The minimum Gasteiger partial charge on any atom is -0.457 e. The minimum atomic E-state index is -0.114. The van der Waals surface area contributed by atoms with Gasteiger partial charge in [0.15, 0.2) is 0 Å². The number of carbonyl (C=O) groups excluding carboxylic acids is 1. The molecule has 0 radical (unpaired) electrons. The molecule has 0 spiro atoms. The van der Waals surface area contributed by atoms with Crippen molar-refractivity contribution in [3.8, 4) is 11.8 Å². The van der Waals surface area contributed by atoms with Crippen LogP contribution in [-0.4, -0.2) is 61.0 Å². The molecule has 1 amide bonds. The maximum Gasteiger partial charge on any atom is 0.243 e. The Kier molecular flexibility index (Phi) is 10.2. The van der Waals surface area contributed by atoms with E-state index in [0.29, 0.717) is 23.6 Å². The van der Waals surface area contributed by atoms with Gasteiger partial charge < -0.3 is 19.9 Å². The number of carbonyl (C=O) groups is 1. The Morgan fingerprint density at radius 2 is 1.88 bits per heavy atom. The van der Waals surface area contributed by atoms with Crippen molar-refractivity contribution in [1.82, 2.24) is 15.1 Å². The molecule has 176 valence electrons. The number of rotatable bonds is 10. The first-order valence-electron chi connectivity index (χ1n) is 12.1. The molecule has 2 aliphatic heterocycles. The van der Waals surface area contributed by atoms with Crippen molar-refractivity contribution in [3.05, 3.63) is 66.5 Å². The van der Waals surface area contributed by atoms with Crippen molar-refractivity contribution in [2.24, 2.45) is 0 Å². The Balaban J connectivity index is 1.30. The van der Waals surface area contributed by atoms with Crippen LogP contribution < -0.4 is 10.1 Å². The third-order valence-electron chi connectivity index (χ3n) is 6.34. The third kappa shape index (κ3) is 8.53. The van der Waals surface area contributed by atoms with Crippen LogP contribution in [0.3, 0.4) is 0 Å². The minimum absolute atomic E-state index is 0.114. The Morgan fingerprint density at radius 1 is 1.15 bits per heavy atom. The molecular weight excluding hydrogens is 412 g/mol. The van der Waals surface area contributed by atoms with Crippen molar-refractivity contribution in [2.75, 3.05) is 39.3 Å². The summed E-state index contributed by atoms with van der Waals surface area (Å²) in [6.45, 7) is 10.4. The SMILES string of the molecule is C=C/C(=C\C=C\C(=O)NCCCN1CCC(N2CCCCC2)CC1)Oc1ccc(C#N)cc1. The summed E-state index contributed by atoms with van der Waals surface area (Å²) in [4.78, 5) is 17.3. The van der Waals surface area contributed by atoms with Gasteiger partial charge in [0.05, 0.1) is 11.6 Å². The average Bonchev–Trinajstić information content (AvgIpc) is 2.87. The number of piperidine rings is 2. The molecule has 0 bridgehead atoms. The van der Waals surface area contributed by atoms with Gasteiger partial charge in [-0.25, -0.2) is 0 Å². The second-order valence-corrected chi connectivity index (χ2v) is 8.68. The van der Waals surface area contributed by atoms with Crippen LogP contribution in [0.15, 0.2) is 60.9 Å². The largest absolute Gasteiger partial charge is 0.457 e. The molecule has 2 saturated heterocycles. The lowest BCUT2D eigenvalue weighted by atomic mass is 10.00. The zero-order valence-electron chi connectivity index (χ0n) is 19.5. The highest BCUT2D eigenvalue weighted by Gasteiger charge is 2.25. The van der Waals surface area contributed by atoms with Gasteiger partial charge in [-0.05, 0) is 101 Å². The molecule has 3 rings (SSSR count). The Hall–Kier alpha value is -2.88. The summed E-state index contributed by atoms with van der Waals surface area (Å²) in [6.07, 6.45) is 14.1. The van der Waals surface area contributed by atoms with E-state index in [0.717, 1.165) is 19.0 Å². The second kappa shape index (κ2) is 13.6. The van der Waals surface area contributed by atoms with Crippen LogP contribution in [-0.2, 0) is 4.79 Å². The Bertz CT molecular complexity index is 855. The third-order valence-corrected chi connectivity index (χ3v) is 6.34. The summed E-state index contributed by atoms with van der Waals surface area (Å²) >= 11 is 0. The highest BCUT2D eigenvalue weighted by Crippen LogP contribution is 2.21. The standard InChI is InChI=1S/C27H36N4O2/c1-2-25(33-26-12-10-23(22-28)11-13-26)8-6-9-27(32)29-16-7-17-30-20-14-24(15-21-30)31-18-4-3-5-19-31/h2,6,8-13,24H,1,3-5,7,14-21H2,(H,29,32)/b9-6+,25-8+. The maximum atomic E-state index is 12.1. The molecule has 6 nitrogen and oxygen atoms in total. The normalized spacial score (nSPS) is 18.7. The number of likely N-dealkylation sites (tertiary alicyclic amines) is 2. The zero-order valence-corrected chi connectivity index (χ0v) is 19.5. The van der Waals surface area contributed by atoms with Gasteiger partial charge in [0.2, 0.25) is 5.91 Å². The monoisotopic (exact) mass is 448 g/mol. The first kappa shape index (κ1) is 24.8. The van der Waals surface area contributed by atoms with E-state index in [2.05, 4.69) is 27.8 Å². The molecule has 2 heterocycles. The predicted octanol–water partition coefficient (Wildman–Crippen LogP) is 4.02. The van der Waals surface area contributed by atoms with Gasteiger partial charge in [-0.15, -0.1) is 0 Å².